The van der Waals surface area contributed by atoms with Crippen LogP contribution in [0.4, 0.5) is 0 Å². The molecule has 0 aromatic rings. The van der Waals surface area contributed by atoms with E-state index in [9.17, 15) is 9.00 Å². The largest absolute Gasteiger partial charge is 0.352 e. The van der Waals surface area contributed by atoms with Crippen molar-refractivity contribution in [2.45, 2.75) is 56.9 Å². The van der Waals surface area contributed by atoms with Gasteiger partial charge < -0.3 is 10.6 Å². The molecule has 1 aliphatic carbocycles. The van der Waals surface area contributed by atoms with Crippen LogP contribution in [0.25, 0.3) is 0 Å². The van der Waals surface area contributed by atoms with Crippen molar-refractivity contribution in [3.05, 3.63) is 0 Å². The summed E-state index contributed by atoms with van der Waals surface area (Å²) in [6, 6.07) is 0.158. The van der Waals surface area contributed by atoms with Crippen LogP contribution in [0.1, 0.15) is 39.5 Å². The summed E-state index contributed by atoms with van der Waals surface area (Å²) in [5.74, 6) is 0.0611. The number of hydrogen-bond donors (Lipinski definition) is 2. The summed E-state index contributed by atoms with van der Waals surface area (Å²) in [7, 11) is -0.838. The van der Waals surface area contributed by atoms with Crippen LogP contribution in [-0.2, 0) is 15.6 Å². The second-order valence-corrected chi connectivity index (χ2v) is 6.73. The van der Waals surface area contributed by atoms with Gasteiger partial charge >= 0.3 is 0 Å². The van der Waals surface area contributed by atoms with Crippen molar-refractivity contribution in [3.63, 3.8) is 0 Å². The molecule has 1 fully saturated rings. The lowest BCUT2D eigenvalue weighted by atomic mass is 10.2. The van der Waals surface area contributed by atoms with E-state index in [1.54, 1.807) is 6.26 Å². The van der Waals surface area contributed by atoms with Gasteiger partial charge in [-0.1, -0.05) is 12.8 Å². The smallest absolute Gasteiger partial charge is 0.237 e. The number of amides is 1. The predicted molar refractivity (Wildman–Crippen MR) is 71.4 cm³/mol. The molecule has 0 aromatic carbocycles. The molecule has 0 bridgehead atoms. The topological polar surface area (TPSA) is 58.2 Å². The third-order valence-electron chi connectivity index (χ3n) is 3.37. The Kier molecular flexibility index (Phi) is 6.12. The van der Waals surface area contributed by atoms with Crippen molar-refractivity contribution >= 4 is 16.7 Å². The second kappa shape index (κ2) is 7.11. The van der Waals surface area contributed by atoms with Gasteiger partial charge in [0.05, 0.1) is 6.04 Å². The molecular formula is C12H24N2O2S. The summed E-state index contributed by atoms with van der Waals surface area (Å²) in [4.78, 5) is 11.8. The third kappa shape index (κ3) is 5.17. The lowest BCUT2D eigenvalue weighted by Crippen LogP contribution is -2.47. The molecule has 3 unspecified atom stereocenters. The van der Waals surface area contributed by atoms with Crippen molar-refractivity contribution in [2.24, 2.45) is 0 Å². The molecule has 100 valence electrons. The zero-order valence-electron chi connectivity index (χ0n) is 11.0. The molecule has 3 atom stereocenters. The monoisotopic (exact) mass is 260 g/mol. The van der Waals surface area contributed by atoms with E-state index in [0.717, 1.165) is 12.8 Å². The van der Waals surface area contributed by atoms with Gasteiger partial charge in [-0.25, -0.2) is 0 Å². The van der Waals surface area contributed by atoms with Gasteiger partial charge in [0.1, 0.15) is 0 Å². The van der Waals surface area contributed by atoms with Crippen LogP contribution in [-0.4, -0.2) is 40.3 Å². The predicted octanol–water partition coefficient (Wildman–Crippen LogP) is 0.790. The average Bonchev–Trinajstić information content (AvgIpc) is 2.77. The molecular weight excluding hydrogens is 236 g/mol. The molecule has 0 radical (unpaired) electrons. The van der Waals surface area contributed by atoms with Crippen LogP contribution >= 0.6 is 0 Å². The van der Waals surface area contributed by atoms with Gasteiger partial charge in [-0.15, -0.1) is 0 Å². The Labute approximate surface area is 106 Å². The molecule has 1 amide bonds. The second-order valence-electron chi connectivity index (χ2n) is 4.93. The normalized spacial score (nSPS) is 22.1. The summed E-state index contributed by atoms with van der Waals surface area (Å²) < 4.78 is 11.2. The SMILES string of the molecule is CC(NCC(C)S(C)=O)C(=O)NC1CCCC1. The average molecular weight is 260 g/mol. The van der Waals surface area contributed by atoms with E-state index in [-0.39, 0.29) is 17.2 Å². The fourth-order valence-corrected chi connectivity index (χ4v) is 2.28. The maximum atomic E-state index is 11.8. The van der Waals surface area contributed by atoms with Crippen molar-refractivity contribution in [2.75, 3.05) is 12.8 Å². The van der Waals surface area contributed by atoms with Crippen LogP contribution in [0.2, 0.25) is 0 Å². The minimum atomic E-state index is -0.838. The minimum Gasteiger partial charge on any atom is -0.352 e. The number of carbonyl (C=O) groups is 1. The summed E-state index contributed by atoms with van der Waals surface area (Å²) >= 11 is 0. The highest BCUT2D eigenvalue weighted by Gasteiger charge is 2.20. The van der Waals surface area contributed by atoms with Crippen LogP contribution in [0.3, 0.4) is 0 Å². The summed E-state index contributed by atoms with van der Waals surface area (Å²) in [5.41, 5.74) is 0. The van der Waals surface area contributed by atoms with Gasteiger partial charge in [0.15, 0.2) is 0 Å². The Bertz CT molecular complexity index is 278. The first-order chi connectivity index (χ1) is 8.00. The van der Waals surface area contributed by atoms with E-state index >= 15 is 0 Å². The Morgan fingerprint density at radius 1 is 1.35 bits per heavy atom. The lowest BCUT2D eigenvalue weighted by molar-refractivity contribution is -0.123. The van der Waals surface area contributed by atoms with Gasteiger partial charge in [-0.05, 0) is 26.7 Å². The molecule has 0 aliphatic heterocycles. The molecule has 0 heterocycles. The number of rotatable bonds is 6. The van der Waals surface area contributed by atoms with Crippen LogP contribution in [0.5, 0.6) is 0 Å². The molecule has 5 heteroatoms. The molecule has 0 saturated heterocycles. The number of nitrogens with one attached hydrogen (secondary N) is 2. The fourth-order valence-electron chi connectivity index (χ4n) is 1.95. The highest BCUT2D eigenvalue weighted by atomic mass is 32.2. The maximum absolute atomic E-state index is 11.8. The summed E-state index contributed by atoms with van der Waals surface area (Å²) in [6.45, 7) is 4.39. The van der Waals surface area contributed by atoms with Crippen molar-refractivity contribution in [1.82, 2.24) is 10.6 Å². The van der Waals surface area contributed by atoms with Gasteiger partial charge in [0, 0.05) is 34.9 Å². The quantitative estimate of drug-likeness (QED) is 0.742. The maximum Gasteiger partial charge on any atom is 0.237 e. The van der Waals surface area contributed by atoms with E-state index in [1.807, 2.05) is 13.8 Å². The fraction of sp³-hybridized carbons (Fsp3) is 0.917. The highest BCUT2D eigenvalue weighted by Crippen LogP contribution is 2.17. The zero-order chi connectivity index (χ0) is 12.8. The Morgan fingerprint density at radius 3 is 2.47 bits per heavy atom. The van der Waals surface area contributed by atoms with Crippen molar-refractivity contribution in [1.29, 1.82) is 0 Å². The van der Waals surface area contributed by atoms with Crippen LogP contribution in [0.15, 0.2) is 0 Å². The van der Waals surface area contributed by atoms with Crippen LogP contribution < -0.4 is 10.6 Å². The van der Waals surface area contributed by atoms with E-state index in [0.29, 0.717) is 12.6 Å². The van der Waals surface area contributed by atoms with E-state index in [4.69, 9.17) is 0 Å². The Hall–Kier alpha value is -0.420. The molecule has 1 saturated carbocycles. The molecule has 2 N–H and O–H groups in total. The number of hydrogen-bond acceptors (Lipinski definition) is 3. The molecule has 4 nitrogen and oxygen atoms in total. The Balaban J connectivity index is 2.24. The molecule has 1 aliphatic rings. The van der Waals surface area contributed by atoms with Crippen molar-refractivity contribution in [3.8, 4) is 0 Å². The van der Waals surface area contributed by atoms with Crippen LogP contribution in [0, 0.1) is 0 Å². The van der Waals surface area contributed by atoms with E-state index < -0.39 is 10.8 Å². The van der Waals surface area contributed by atoms with E-state index in [1.165, 1.54) is 12.8 Å². The zero-order valence-corrected chi connectivity index (χ0v) is 11.8. The Morgan fingerprint density at radius 2 is 1.94 bits per heavy atom. The van der Waals surface area contributed by atoms with Gasteiger partial charge in [-0.2, -0.15) is 0 Å². The standard InChI is InChI=1S/C12H24N2O2S/c1-9(17(3)16)8-13-10(2)12(15)14-11-6-4-5-7-11/h9-11,13H,4-8H2,1-3H3,(H,14,15). The molecule has 1 rings (SSSR count). The lowest BCUT2D eigenvalue weighted by Gasteiger charge is -2.19. The molecule has 17 heavy (non-hydrogen) atoms. The summed E-state index contributed by atoms with van der Waals surface area (Å²) in [5, 5.41) is 6.27. The highest BCUT2D eigenvalue weighted by molar-refractivity contribution is 7.84. The first kappa shape index (κ1) is 14.6. The first-order valence-electron chi connectivity index (χ1n) is 6.36. The van der Waals surface area contributed by atoms with Gasteiger partial charge in [0.25, 0.3) is 0 Å². The number of carbonyl (C=O) groups excluding carboxylic acids is 1. The summed E-state index contributed by atoms with van der Waals surface area (Å²) in [6.07, 6.45) is 6.34. The van der Waals surface area contributed by atoms with Crippen molar-refractivity contribution < 1.29 is 9.00 Å². The van der Waals surface area contributed by atoms with Gasteiger partial charge in [0.2, 0.25) is 5.91 Å². The minimum absolute atomic E-state index is 0.0611. The third-order valence-corrected chi connectivity index (χ3v) is 4.67. The van der Waals surface area contributed by atoms with Gasteiger partial charge in [-0.3, -0.25) is 9.00 Å². The van der Waals surface area contributed by atoms with E-state index in [2.05, 4.69) is 10.6 Å². The first-order valence-corrected chi connectivity index (χ1v) is 7.99. The molecule has 0 aromatic heterocycles. The molecule has 0 spiro atoms.